The van der Waals surface area contributed by atoms with E-state index in [1.165, 1.54) is 64.6 Å². The van der Waals surface area contributed by atoms with Crippen LogP contribution in [0, 0.1) is 5.41 Å². The van der Waals surface area contributed by atoms with Gasteiger partial charge in [-0.05, 0) is 45.6 Å². The molecular weight excluding hydrogens is 236 g/mol. The Balaban J connectivity index is 1.58. The summed E-state index contributed by atoms with van der Waals surface area (Å²) in [7, 11) is 0. The van der Waals surface area contributed by atoms with Crippen LogP contribution in [-0.2, 0) is 4.74 Å². The Bertz CT molecular complexity index is 284. The molecule has 3 aliphatic rings. The molecule has 0 radical (unpaired) electrons. The van der Waals surface area contributed by atoms with Gasteiger partial charge in [0.1, 0.15) is 0 Å². The van der Waals surface area contributed by atoms with E-state index in [0.29, 0.717) is 5.41 Å². The van der Waals surface area contributed by atoms with E-state index in [1.54, 1.807) is 0 Å². The lowest BCUT2D eigenvalue weighted by molar-refractivity contribution is 0.0901. The van der Waals surface area contributed by atoms with Gasteiger partial charge in [0.15, 0.2) is 0 Å². The largest absolute Gasteiger partial charge is 0.381 e. The average Bonchev–Trinajstić information content (AvgIpc) is 3.16. The highest BCUT2D eigenvalue weighted by Crippen LogP contribution is 2.32. The average molecular weight is 266 g/mol. The fraction of sp³-hybridized carbons (Fsp3) is 1.00. The predicted molar refractivity (Wildman–Crippen MR) is 78.4 cm³/mol. The standard InChI is InChI=1S/C16H30N2O/c1-14-5-3-2-4-9-18(14)12-16(8-10-19-13-16)11-17-15-6-7-15/h14-15,17H,2-13H2,1H3. The van der Waals surface area contributed by atoms with Gasteiger partial charge in [-0.1, -0.05) is 12.8 Å². The summed E-state index contributed by atoms with van der Waals surface area (Å²) >= 11 is 0. The number of hydrogen-bond acceptors (Lipinski definition) is 3. The Morgan fingerprint density at radius 3 is 2.84 bits per heavy atom. The third kappa shape index (κ3) is 3.71. The van der Waals surface area contributed by atoms with Gasteiger partial charge >= 0.3 is 0 Å². The van der Waals surface area contributed by atoms with Crippen LogP contribution >= 0.6 is 0 Å². The minimum atomic E-state index is 0.390. The van der Waals surface area contributed by atoms with E-state index >= 15 is 0 Å². The first-order valence-corrected chi connectivity index (χ1v) is 8.33. The summed E-state index contributed by atoms with van der Waals surface area (Å²) in [5.74, 6) is 0. The van der Waals surface area contributed by atoms with Crippen molar-refractivity contribution in [1.82, 2.24) is 10.2 Å². The van der Waals surface area contributed by atoms with Crippen molar-refractivity contribution in [3.05, 3.63) is 0 Å². The Labute approximate surface area is 118 Å². The Morgan fingerprint density at radius 1 is 1.21 bits per heavy atom. The van der Waals surface area contributed by atoms with E-state index in [0.717, 1.165) is 25.3 Å². The molecular formula is C16H30N2O. The van der Waals surface area contributed by atoms with Crippen molar-refractivity contribution in [2.45, 2.75) is 64.0 Å². The van der Waals surface area contributed by atoms with E-state index in [-0.39, 0.29) is 0 Å². The van der Waals surface area contributed by atoms with Crippen molar-refractivity contribution in [2.75, 3.05) is 32.8 Å². The number of ether oxygens (including phenoxy) is 1. The zero-order chi connectivity index (χ0) is 13.1. The topological polar surface area (TPSA) is 24.5 Å². The maximum absolute atomic E-state index is 5.75. The van der Waals surface area contributed by atoms with Crippen LogP contribution in [0.5, 0.6) is 0 Å². The van der Waals surface area contributed by atoms with Gasteiger partial charge in [0, 0.05) is 37.2 Å². The molecule has 0 amide bonds. The molecule has 19 heavy (non-hydrogen) atoms. The summed E-state index contributed by atoms with van der Waals surface area (Å²) in [6.45, 7) is 8.06. The number of nitrogens with zero attached hydrogens (tertiary/aromatic N) is 1. The molecule has 2 heterocycles. The molecule has 3 nitrogen and oxygen atoms in total. The van der Waals surface area contributed by atoms with Gasteiger partial charge in [0.05, 0.1) is 6.61 Å². The van der Waals surface area contributed by atoms with Crippen molar-refractivity contribution in [1.29, 1.82) is 0 Å². The lowest BCUT2D eigenvalue weighted by Crippen LogP contribution is -2.47. The van der Waals surface area contributed by atoms with Gasteiger partial charge in [-0.25, -0.2) is 0 Å². The second-order valence-electron chi connectivity index (χ2n) is 7.13. The highest BCUT2D eigenvalue weighted by molar-refractivity contribution is 4.93. The maximum atomic E-state index is 5.75. The van der Waals surface area contributed by atoms with Crippen LogP contribution in [0.25, 0.3) is 0 Å². The molecule has 0 aromatic carbocycles. The highest BCUT2D eigenvalue weighted by Gasteiger charge is 2.38. The fourth-order valence-corrected chi connectivity index (χ4v) is 3.62. The quantitative estimate of drug-likeness (QED) is 0.827. The van der Waals surface area contributed by atoms with Gasteiger partial charge in [0.25, 0.3) is 0 Å². The smallest absolute Gasteiger partial charge is 0.0547 e. The van der Waals surface area contributed by atoms with Crippen LogP contribution < -0.4 is 5.32 Å². The van der Waals surface area contributed by atoms with E-state index in [4.69, 9.17) is 4.74 Å². The van der Waals surface area contributed by atoms with Crippen molar-refractivity contribution in [2.24, 2.45) is 5.41 Å². The SMILES string of the molecule is CC1CCCCCN1CC1(CNC2CC2)CCOC1. The lowest BCUT2D eigenvalue weighted by Gasteiger charge is -2.37. The molecule has 0 spiro atoms. The summed E-state index contributed by atoms with van der Waals surface area (Å²) in [5.41, 5.74) is 0.390. The molecule has 3 rings (SSSR count). The predicted octanol–water partition coefficient (Wildman–Crippen LogP) is 2.41. The minimum absolute atomic E-state index is 0.390. The zero-order valence-corrected chi connectivity index (χ0v) is 12.5. The molecule has 2 aliphatic heterocycles. The van der Waals surface area contributed by atoms with Crippen molar-refractivity contribution in [3.63, 3.8) is 0 Å². The van der Waals surface area contributed by atoms with Crippen LogP contribution in [0.15, 0.2) is 0 Å². The lowest BCUT2D eigenvalue weighted by atomic mass is 9.86. The number of nitrogens with one attached hydrogen (secondary N) is 1. The molecule has 3 heteroatoms. The van der Waals surface area contributed by atoms with Crippen LogP contribution in [0.3, 0.4) is 0 Å². The molecule has 110 valence electrons. The molecule has 3 fully saturated rings. The second-order valence-corrected chi connectivity index (χ2v) is 7.13. The molecule has 1 N–H and O–H groups in total. The van der Waals surface area contributed by atoms with E-state index in [1.807, 2.05) is 0 Å². The van der Waals surface area contributed by atoms with E-state index < -0.39 is 0 Å². The first-order chi connectivity index (χ1) is 9.27. The molecule has 2 unspecified atom stereocenters. The van der Waals surface area contributed by atoms with Gasteiger partial charge in [-0.3, -0.25) is 4.90 Å². The number of likely N-dealkylation sites (tertiary alicyclic amines) is 1. The molecule has 0 aromatic rings. The Morgan fingerprint density at radius 2 is 2.11 bits per heavy atom. The number of hydrogen-bond donors (Lipinski definition) is 1. The van der Waals surface area contributed by atoms with Crippen LogP contribution in [0.1, 0.15) is 51.9 Å². The van der Waals surface area contributed by atoms with Gasteiger partial charge in [0.2, 0.25) is 0 Å². The first kappa shape index (κ1) is 13.8. The monoisotopic (exact) mass is 266 g/mol. The molecule has 0 aromatic heterocycles. The normalized spacial score (nSPS) is 37.4. The summed E-state index contributed by atoms with van der Waals surface area (Å²) in [6, 6.07) is 1.58. The molecule has 2 saturated heterocycles. The summed E-state index contributed by atoms with van der Waals surface area (Å²) < 4.78 is 5.75. The first-order valence-electron chi connectivity index (χ1n) is 8.33. The van der Waals surface area contributed by atoms with Gasteiger partial charge in [-0.15, -0.1) is 0 Å². The van der Waals surface area contributed by atoms with Crippen molar-refractivity contribution < 1.29 is 4.74 Å². The van der Waals surface area contributed by atoms with Crippen molar-refractivity contribution >= 4 is 0 Å². The van der Waals surface area contributed by atoms with Crippen molar-refractivity contribution in [3.8, 4) is 0 Å². The van der Waals surface area contributed by atoms with Gasteiger partial charge in [-0.2, -0.15) is 0 Å². The minimum Gasteiger partial charge on any atom is -0.381 e. The van der Waals surface area contributed by atoms with E-state index in [2.05, 4.69) is 17.1 Å². The molecule has 0 bridgehead atoms. The summed E-state index contributed by atoms with van der Waals surface area (Å²) in [6.07, 6.45) is 9.63. The van der Waals surface area contributed by atoms with Crippen LogP contribution in [0.4, 0.5) is 0 Å². The summed E-state index contributed by atoms with van der Waals surface area (Å²) in [5, 5.41) is 3.75. The van der Waals surface area contributed by atoms with E-state index in [9.17, 15) is 0 Å². The molecule has 1 aliphatic carbocycles. The fourth-order valence-electron chi connectivity index (χ4n) is 3.62. The maximum Gasteiger partial charge on any atom is 0.0547 e. The Hall–Kier alpha value is -0.120. The second kappa shape index (κ2) is 6.11. The Kier molecular flexibility index (Phi) is 4.45. The third-order valence-electron chi connectivity index (χ3n) is 5.26. The number of rotatable bonds is 5. The van der Waals surface area contributed by atoms with Crippen LogP contribution in [-0.4, -0.2) is 49.8 Å². The zero-order valence-electron chi connectivity index (χ0n) is 12.5. The van der Waals surface area contributed by atoms with Gasteiger partial charge < -0.3 is 10.1 Å². The summed E-state index contributed by atoms with van der Waals surface area (Å²) in [4.78, 5) is 2.75. The molecule has 1 saturated carbocycles. The molecule has 2 atom stereocenters. The third-order valence-corrected chi connectivity index (χ3v) is 5.26. The van der Waals surface area contributed by atoms with Crippen LogP contribution in [0.2, 0.25) is 0 Å². The highest BCUT2D eigenvalue weighted by atomic mass is 16.5.